The molecular weight excluding hydrogens is 316 g/mol. The van der Waals surface area contributed by atoms with Crippen LogP contribution in [0, 0.1) is 13.8 Å². The summed E-state index contributed by atoms with van der Waals surface area (Å²) in [5.41, 5.74) is 3.76. The fraction of sp³-hybridized carbons (Fsp3) is 0.300. The van der Waals surface area contributed by atoms with E-state index in [1.54, 1.807) is 13.2 Å². The molecule has 0 aromatic heterocycles. The summed E-state index contributed by atoms with van der Waals surface area (Å²) in [6.07, 6.45) is 0. The molecule has 0 aliphatic carbocycles. The number of nitrogens with one attached hydrogen (secondary N) is 1. The van der Waals surface area contributed by atoms with Crippen molar-refractivity contribution in [1.29, 1.82) is 0 Å². The summed E-state index contributed by atoms with van der Waals surface area (Å²) < 4.78 is 5.27. The van der Waals surface area contributed by atoms with E-state index in [2.05, 4.69) is 5.32 Å². The van der Waals surface area contributed by atoms with Crippen molar-refractivity contribution in [2.45, 2.75) is 27.3 Å². The highest BCUT2D eigenvalue weighted by atomic mass is 16.5. The van der Waals surface area contributed by atoms with Gasteiger partial charge in [-0.25, -0.2) is 0 Å². The minimum atomic E-state index is -0.258. The van der Waals surface area contributed by atoms with E-state index in [1.165, 1.54) is 11.8 Å². The molecule has 1 N–H and O–H groups in total. The van der Waals surface area contributed by atoms with Gasteiger partial charge in [-0.05, 0) is 37.1 Å². The summed E-state index contributed by atoms with van der Waals surface area (Å²) in [5, 5.41) is 2.82. The molecule has 0 radical (unpaired) electrons. The molecule has 2 aromatic carbocycles. The maximum absolute atomic E-state index is 12.4. The average molecular weight is 340 g/mol. The molecule has 5 heteroatoms. The SMILES string of the molecule is COc1ccc(C)cc1NC(=O)CN(Cc1ccc(C)cc1)C(C)=O. The highest BCUT2D eigenvalue weighted by Crippen LogP contribution is 2.25. The Kier molecular flexibility index (Phi) is 6.17. The van der Waals surface area contributed by atoms with Gasteiger partial charge >= 0.3 is 0 Å². The number of carbonyl (C=O) groups excluding carboxylic acids is 2. The number of hydrogen-bond donors (Lipinski definition) is 1. The van der Waals surface area contributed by atoms with Crippen LogP contribution in [0.3, 0.4) is 0 Å². The second kappa shape index (κ2) is 8.33. The summed E-state index contributed by atoms with van der Waals surface area (Å²) in [7, 11) is 1.56. The number of carbonyl (C=O) groups is 2. The summed E-state index contributed by atoms with van der Waals surface area (Å²) >= 11 is 0. The van der Waals surface area contributed by atoms with Crippen molar-refractivity contribution >= 4 is 17.5 Å². The first-order chi connectivity index (χ1) is 11.9. The zero-order chi connectivity index (χ0) is 18.4. The summed E-state index contributed by atoms with van der Waals surface area (Å²) in [5.74, 6) is 0.185. The molecular formula is C20H24N2O3. The van der Waals surface area contributed by atoms with Gasteiger partial charge in [-0.15, -0.1) is 0 Å². The third kappa shape index (κ3) is 5.35. The Bertz CT molecular complexity index is 754. The van der Waals surface area contributed by atoms with Crippen molar-refractivity contribution in [3.8, 4) is 5.75 Å². The van der Waals surface area contributed by atoms with Gasteiger partial charge in [0.15, 0.2) is 0 Å². The van der Waals surface area contributed by atoms with E-state index in [4.69, 9.17) is 4.74 Å². The maximum atomic E-state index is 12.4. The summed E-state index contributed by atoms with van der Waals surface area (Å²) in [6, 6.07) is 13.5. The molecule has 0 aliphatic rings. The monoisotopic (exact) mass is 340 g/mol. The number of methoxy groups -OCH3 is 1. The molecule has 0 heterocycles. The summed E-state index contributed by atoms with van der Waals surface area (Å²) in [6.45, 7) is 5.80. The lowest BCUT2D eigenvalue weighted by Gasteiger charge is -2.21. The van der Waals surface area contributed by atoms with Crippen LogP contribution in [0.2, 0.25) is 0 Å². The van der Waals surface area contributed by atoms with Crippen molar-refractivity contribution in [3.05, 3.63) is 59.2 Å². The molecule has 0 atom stereocenters. The predicted octanol–water partition coefficient (Wildman–Crippen LogP) is 3.30. The van der Waals surface area contributed by atoms with Gasteiger partial charge in [0.2, 0.25) is 11.8 Å². The number of ether oxygens (including phenoxy) is 1. The number of rotatable bonds is 6. The van der Waals surface area contributed by atoms with Crippen LogP contribution in [0.15, 0.2) is 42.5 Å². The summed E-state index contributed by atoms with van der Waals surface area (Å²) in [4.78, 5) is 25.8. The van der Waals surface area contributed by atoms with Crippen molar-refractivity contribution in [3.63, 3.8) is 0 Å². The first-order valence-electron chi connectivity index (χ1n) is 8.14. The second-order valence-electron chi connectivity index (χ2n) is 6.11. The highest BCUT2D eigenvalue weighted by molar-refractivity contribution is 5.95. The molecule has 2 amide bonds. The number of anilines is 1. The van der Waals surface area contributed by atoms with Gasteiger partial charge in [-0.1, -0.05) is 35.9 Å². The number of nitrogens with zero attached hydrogens (tertiary/aromatic N) is 1. The lowest BCUT2D eigenvalue weighted by atomic mass is 10.1. The molecule has 2 aromatic rings. The van der Waals surface area contributed by atoms with Crippen molar-refractivity contribution < 1.29 is 14.3 Å². The van der Waals surface area contributed by atoms with Crippen LogP contribution in [0.4, 0.5) is 5.69 Å². The van der Waals surface area contributed by atoms with Crippen LogP contribution >= 0.6 is 0 Å². The first kappa shape index (κ1) is 18.5. The number of amides is 2. The molecule has 0 unspecified atom stereocenters. The zero-order valence-corrected chi connectivity index (χ0v) is 15.1. The van der Waals surface area contributed by atoms with Gasteiger partial charge in [0, 0.05) is 13.5 Å². The minimum absolute atomic E-state index is 0.0136. The third-order valence-electron chi connectivity index (χ3n) is 3.90. The van der Waals surface area contributed by atoms with E-state index >= 15 is 0 Å². The Morgan fingerprint density at radius 1 is 1.04 bits per heavy atom. The van der Waals surface area contributed by atoms with Crippen molar-refractivity contribution in [2.75, 3.05) is 19.0 Å². The molecule has 0 saturated carbocycles. The van der Waals surface area contributed by atoms with Gasteiger partial charge in [0.1, 0.15) is 12.3 Å². The van der Waals surface area contributed by atoms with Crippen LogP contribution in [-0.2, 0) is 16.1 Å². The molecule has 0 bridgehead atoms. The zero-order valence-electron chi connectivity index (χ0n) is 15.1. The lowest BCUT2D eigenvalue weighted by Crippen LogP contribution is -2.36. The highest BCUT2D eigenvalue weighted by Gasteiger charge is 2.15. The average Bonchev–Trinajstić information content (AvgIpc) is 2.56. The van der Waals surface area contributed by atoms with Crippen LogP contribution in [-0.4, -0.2) is 30.4 Å². The maximum Gasteiger partial charge on any atom is 0.244 e. The van der Waals surface area contributed by atoms with Crippen molar-refractivity contribution in [2.24, 2.45) is 0 Å². The van der Waals surface area contributed by atoms with Gasteiger partial charge in [-0.2, -0.15) is 0 Å². The molecule has 0 spiro atoms. The van der Waals surface area contributed by atoms with Gasteiger partial charge < -0.3 is 15.0 Å². The fourth-order valence-corrected chi connectivity index (χ4v) is 2.48. The van der Waals surface area contributed by atoms with Gasteiger partial charge in [0.25, 0.3) is 0 Å². The lowest BCUT2D eigenvalue weighted by molar-refractivity contribution is -0.133. The predicted molar refractivity (Wildman–Crippen MR) is 98.6 cm³/mol. The molecule has 0 saturated heterocycles. The van der Waals surface area contributed by atoms with E-state index in [9.17, 15) is 9.59 Å². The minimum Gasteiger partial charge on any atom is -0.495 e. The van der Waals surface area contributed by atoms with Crippen LogP contribution in [0.25, 0.3) is 0 Å². The Morgan fingerprint density at radius 2 is 1.68 bits per heavy atom. The number of benzene rings is 2. The number of hydrogen-bond acceptors (Lipinski definition) is 3. The quantitative estimate of drug-likeness (QED) is 0.878. The second-order valence-corrected chi connectivity index (χ2v) is 6.11. The molecule has 0 fully saturated rings. The smallest absolute Gasteiger partial charge is 0.244 e. The van der Waals surface area contributed by atoms with Gasteiger partial charge in [-0.3, -0.25) is 9.59 Å². The van der Waals surface area contributed by atoms with Crippen molar-refractivity contribution in [1.82, 2.24) is 4.90 Å². The Morgan fingerprint density at radius 3 is 2.28 bits per heavy atom. The van der Waals surface area contributed by atoms with E-state index in [0.717, 1.165) is 16.7 Å². The van der Waals surface area contributed by atoms with Crippen LogP contribution < -0.4 is 10.1 Å². The molecule has 2 rings (SSSR count). The molecule has 5 nitrogen and oxygen atoms in total. The van der Waals surface area contributed by atoms with E-state index in [-0.39, 0.29) is 18.4 Å². The topological polar surface area (TPSA) is 58.6 Å². The van der Waals surface area contributed by atoms with E-state index in [0.29, 0.717) is 18.0 Å². The van der Waals surface area contributed by atoms with Crippen LogP contribution in [0.1, 0.15) is 23.6 Å². The van der Waals surface area contributed by atoms with Crippen LogP contribution in [0.5, 0.6) is 5.75 Å². The van der Waals surface area contributed by atoms with Gasteiger partial charge in [0.05, 0.1) is 12.8 Å². The Hall–Kier alpha value is -2.82. The van der Waals surface area contributed by atoms with E-state index < -0.39 is 0 Å². The third-order valence-corrected chi connectivity index (χ3v) is 3.90. The molecule has 132 valence electrons. The fourth-order valence-electron chi connectivity index (χ4n) is 2.48. The normalized spacial score (nSPS) is 10.2. The molecule has 0 aliphatic heterocycles. The molecule has 25 heavy (non-hydrogen) atoms. The number of aryl methyl sites for hydroxylation is 2. The standard InChI is InChI=1S/C20H24N2O3/c1-14-5-8-17(9-6-14)12-22(16(3)23)13-20(24)21-18-11-15(2)7-10-19(18)25-4/h5-11H,12-13H2,1-4H3,(H,21,24). The Labute approximate surface area is 148 Å². The first-order valence-corrected chi connectivity index (χ1v) is 8.14. The van der Waals surface area contributed by atoms with E-state index in [1.807, 2.05) is 50.2 Å². The Balaban J connectivity index is 2.06. The largest absolute Gasteiger partial charge is 0.495 e.